The van der Waals surface area contributed by atoms with Gasteiger partial charge in [-0.3, -0.25) is 9.69 Å². The summed E-state index contributed by atoms with van der Waals surface area (Å²) in [5, 5.41) is 0. The average molecular weight is 378 g/mol. The van der Waals surface area contributed by atoms with E-state index in [1.165, 1.54) is 37.4 Å². The molecule has 1 aliphatic heterocycles. The van der Waals surface area contributed by atoms with Crippen molar-refractivity contribution in [2.45, 2.75) is 32.1 Å². The van der Waals surface area contributed by atoms with E-state index < -0.39 is 0 Å². The van der Waals surface area contributed by atoms with Crippen LogP contribution in [0, 0.1) is 5.92 Å². The molecule has 2 fully saturated rings. The van der Waals surface area contributed by atoms with Gasteiger partial charge in [-0.05, 0) is 36.6 Å². The van der Waals surface area contributed by atoms with Crippen molar-refractivity contribution in [3.8, 4) is 11.5 Å². The minimum Gasteiger partial charge on any atom is -0.497 e. The van der Waals surface area contributed by atoms with Gasteiger partial charge in [0.25, 0.3) is 5.91 Å². The second-order valence-electron chi connectivity index (χ2n) is 6.38. The van der Waals surface area contributed by atoms with Gasteiger partial charge in [0, 0.05) is 12.1 Å². The third-order valence-electron chi connectivity index (χ3n) is 4.83. The number of thioether (sulfide) groups is 1. The molecule has 0 atom stereocenters. The summed E-state index contributed by atoms with van der Waals surface area (Å²) in [6.45, 7) is 0.724. The zero-order valence-corrected chi connectivity index (χ0v) is 16.3. The van der Waals surface area contributed by atoms with Gasteiger partial charge in [-0.15, -0.1) is 0 Å². The first kappa shape index (κ1) is 18.3. The van der Waals surface area contributed by atoms with Crippen molar-refractivity contribution < 1.29 is 14.3 Å². The topological polar surface area (TPSA) is 38.8 Å². The van der Waals surface area contributed by atoms with Crippen LogP contribution in [0.3, 0.4) is 0 Å². The van der Waals surface area contributed by atoms with E-state index in [1.807, 2.05) is 24.3 Å². The van der Waals surface area contributed by atoms with E-state index in [2.05, 4.69) is 0 Å². The molecule has 4 nitrogen and oxygen atoms in total. The largest absolute Gasteiger partial charge is 0.497 e. The van der Waals surface area contributed by atoms with Crippen LogP contribution in [-0.4, -0.2) is 35.9 Å². The number of hydrogen-bond donors (Lipinski definition) is 0. The Morgan fingerprint density at radius 3 is 2.72 bits per heavy atom. The number of carbonyl (C=O) groups excluding carboxylic acids is 1. The summed E-state index contributed by atoms with van der Waals surface area (Å²) in [5.41, 5.74) is 0.818. The van der Waals surface area contributed by atoms with Crippen molar-refractivity contribution in [2.75, 3.05) is 20.8 Å². The number of thiocarbonyl (C=S) groups is 1. The van der Waals surface area contributed by atoms with Gasteiger partial charge in [-0.2, -0.15) is 0 Å². The van der Waals surface area contributed by atoms with Gasteiger partial charge in [0.2, 0.25) is 0 Å². The maximum Gasteiger partial charge on any atom is 0.266 e. The third kappa shape index (κ3) is 4.18. The summed E-state index contributed by atoms with van der Waals surface area (Å²) in [6, 6.07) is 5.54. The lowest BCUT2D eigenvalue weighted by molar-refractivity contribution is -0.122. The molecule has 1 saturated heterocycles. The molecular formula is C19H23NO3S2. The minimum absolute atomic E-state index is 0.00197. The molecule has 0 radical (unpaired) electrons. The Hall–Kier alpha value is -1.53. The third-order valence-corrected chi connectivity index (χ3v) is 6.21. The maximum atomic E-state index is 12.8. The number of rotatable bonds is 6. The summed E-state index contributed by atoms with van der Waals surface area (Å²) in [4.78, 5) is 15.1. The van der Waals surface area contributed by atoms with Crippen LogP contribution in [0.5, 0.6) is 11.5 Å². The number of benzene rings is 1. The van der Waals surface area contributed by atoms with Crippen LogP contribution in [0.1, 0.15) is 37.7 Å². The van der Waals surface area contributed by atoms with Crippen molar-refractivity contribution >= 4 is 40.3 Å². The molecule has 1 heterocycles. The minimum atomic E-state index is -0.00197. The van der Waals surface area contributed by atoms with E-state index in [0.717, 1.165) is 30.2 Å². The molecule has 3 rings (SSSR count). The average Bonchev–Trinajstić information content (AvgIpc) is 3.22. The Bertz CT molecular complexity index is 696. The van der Waals surface area contributed by atoms with Crippen LogP contribution < -0.4 is 9.47 Å². The predicted molar refractivity (Wildman–Crippen MR) is 106 cm³/mol. The fourth-order valence-corrected chi connectivity index (χ4v) is 4.70. The fourth-order valence-electron chi connectivity index (χ4n) is 3.40. The zero-order chi connectivity index (χ0) is 17.8. The van der Waals surface area contributed by atoms with Crippen molar-refractivity contribution in [1.29, 1.82) is 0 Å². The Morgan fingerprint density at radius 2 is 2.04 bits per heavy atom. The van der Waals surface area contributed by atoms with Crippen LogP contribution in [0.2, 0.25) is 0 Å². The molecule has 1 aromatic carbocycles. The lowest BCUT2D eigenvalue weighted by atomic mass is 10.0. The molecule has 0 N–H and O–H groups in total. The highest BCUT2D eigenvalue weighted by Gasteiger charge is 2.32. The quantitative estimate of drug-likeness (QED) is 0.540. The summed E-state index contributed by atoms with van der Waals surface area (Å²) < 4.78 is 11.3. The Balaban J connectivity index is 1.75. The fraction of sp³-hybridized carbons (Fsp3) is 0.474. The number of nitrogens with zero attached hydrogens (tertiary/aromatic N) is 1. The molecule has 0 unspecified atom stereocenters. The van der Waals surface area contributed by atoms with Gasteiger partial charge < -0.3 is 9.47 Å². The molecular weight excluding hydrogens is 354 g/mol. The molecule has 1 amide bonds. The number of ether oxygens (including phenoxy) is 2. The first-order chi connectivity index (χ1) is 12.1. The van der Waals surface area contributed by atoms with Gasteiger partial charge in [-0.25, -0.2) is 0 Å². The highest BCUT2D eigenvalue weighted by molar-refractivity contribution is 8.26. The van der Waals surface area contributed by atoms with E-state index in [4.69, 9.17) is 21.7 Å². The number of carbonyl (C=O) groups is 1. The predicted octanol–water partition coefficient (Wildman–Crippen LogP) is 4.49. The molecule has 1 aliphatic carbocycles. The van der Waals surface area contributed by atoms with E-state index in [9.17, 15) is 4.79 Å². The Morgan fingerprint density at radius 1 is 1.28 bits per heavy atom. The Kier molecular flexibility index (Phi) is 6.02. The van der Waals surface area contributed by atoms with E-state index >= 15 is 0 Å². The zero-order valence-electron chi connectivity index (χ0n) is 14.6. The molecule has 1 saturated carbocycles. The van der Waals surface area contributed by atoms with Gasteiger partial charge in [0.15, 0.2) is 0 Å². The molecule has 1 aromatic rings. The first-order valence-electron chi connectivity index (χ1n) is 8.59. The molecule has 0 bridgehead atoms. The van der Waals surface area contributed by atoms with E-state index in [0.29, 0.717) is 15.0 Å². The summed E-state index contributed by atoms with van der Waals surface area (Å²) in [6.07, 6.45) is 8.09. The van der Waals surface area contributed by atoms with Gasteiger partial charge in [0.05, 0.1) is 19.1 Å². The monoisotopic (exact) mass is 377 g/mol. The highest BCUT2D eigenvalue weighted by Crippen LogP contribution is 2.36. The van der Waals surface area contributed by atoms with Crippen LogP contribution in [0.15, 0.2) is 23.1 Å². The lowest BCUT2D eigenvalue weighted by Crippen LogP contribution is -2.30. The van der Waals surface area contributed by atoms with E-state index in [1.54, 1.807) is 19.1 Å². The summed E-state index contributed by atoms with van der Waals surface area (Å²) >= 11 is 6.80. The molecule has 25 heavy (non-hydrogen) atoms. The lowest BCUT2D eigenvalue weighted by Gasteiger charge is -2.17. The van der Waals surface area contributed by atoms with Gasteiger partial charge in [-0.1, -0.05) is 49.7 Å². The first-order valence-corrected chi connectivity index (χ1v) is 9.82. The molecule has 0 aromatic heterocycles. The van der Waals surface area contributed by atoms with Gasteiger partial charge >= 0.3 is 0 Å². The Labute approximate surface area is 158 Å². The number of amides is 1. The smallest absolute Gasteiger partial charge is 0.266 e. The van der Waals surface area contributed by atoms with Crippen molar-refractivity contribution in [3.63, 3.8) is 0 Å². The second-order valence-corrected chi connectivity index (χ2v) is 8.06. The van der Waals surface area contributed by atoms with Crippen LogP contribution >= 0.6 is 24.0 Å². The highest BCUT2D eigenvalue weighted by atomic mass is 32.2. The van der Waals surface area contributed by atoms with Crippen LogP contribution in [-0.2, 0) is 4.79 Å². The maximum absolute atomic E-state index is 12.8. The van der Waals surface area contributed by atoms with E-state index in [-0.39, 0.29) is 5.91 Å². The number of hydrogen-bond acceptors (Lipinski definition) is 5. The van der Waals surface area contributed by atoms with Gasteiger partial charge in [0.1, 0.15) is 15.8 Å². The van der Waals surface area contributed by atoms with Crippen molar-refractivity contribution in [2.24, 2.45) is 5.92 Å². The molecule has 134 valence electrons. The molecule has 2 aliphatic rings. The standard InChI is InChI=1S/C19H23NO3S2/c1-22-15-7-8-16(23-2)14(11-15)12-17-18(21)20(19(24)25-17)10-9-13-5-3-4-6-13/h7-8,11-13H,3-6,9-10H2,1-2H3/b17-12-. The molecule has 6 heteroatoms. The normalized spacial score (nSPS) is 19.9. The van der Waals surface area contributed by atoms with Crippen LogP contribution in [0.25, 0.3) is 6.08 Å². The molecule has 0 spiro atoms. The second kappa shape index (κ2) is 8.23. The van der Waals surface area contributed by atoms with Crippen molar-refractivity contribution in [1.82, 2.24) is 4.90 Å². The SMILES string of the molecule is COc1ccc(OC)c(/C=C2\SC(=S)N(CCC3CCCC3)C2=O)c1. The summed E-state index contributed by atoms with van der Waals surface area (Å²) in [5.74, 6) is 2.17. The van der Waals surface area contributed by atoms with Crippen LogP contribution in [0.4, 0.5) is 0 Å². The number of methoxy groups -OCH3 is 2. The summed E-state index contributed by atoms with van der Waals surface area (Å²) in [7, 11) is 3.24. The van der Waals surface area contributed by atoms with Crippen molar-refractivity contribution in [3.05, 3.63) is 28.7 Å².